The van der Waals surface area contributed by atoms with E-state index < -0.39 is 0 Å². The van der Waals surface area contributed by atoms with Gasteiger partial charge in [0.2, 0.25) is 0 Å². The molecule has 0 saturated carbocycles. The third kappa shape index (κ3) is 8.21. The molecule has 0 amide bonds. The Morgan fingerprint density at radius 3 is 2.12 bits per heavy atom. The number of hydrogen-bond acceptors (Lipinski definition) is 3. The van der Waals surface area contributed by atoms with Crippen LogP contribution in [0.3, 0.4) is 0 Å². The van der Waals surface area contributed by atoms with Crippen LogP contribution in [0.1, 0.15) is 33.3 Å². The molecule has 182 valence electrons. The van der Waals surface area contributed by atoms with Gasteiger partial charge in [-0.3, -0.25) is 4.90 Å². The van der Waals surface area contributed by atoms with E-state index in [0.717, 1.165) is 29.2 Å². The van der Waals surface area contributed by atoms with E-state index in [2.05, 4.69) is 37.9 Å². The van der Waals surface area contributed by atoms with Crippen molar-refractivity contribution in [2.45, 2.75) is 39.8 Å². The molecule has 0 aliphatic rings. The highest BCUT2D eigenvalue weighted by Crippen LogP contribution is 2.26. The highest BCUT2D eigenvalue weighted by Gasteiger charge is 2.13. The molecule has 0 fully saturated rings. The van der Waals surface area contributed by atoms with Crippen LogP contribution in [0.25, 0.3) is 0 Å². The highest BCUT2D eigenvalue weighted by molar-refractivity contribution is 6.42. The second-order valence-corrected chi connectivity index (χ2v) is 9.16. The van der Waals surface area contributed by atoms with Gasteiger partial charge in [0.25, 0.3) is 0 Å². The molecule has 0 saturated heterocycles. The largest absolute Gasteiger partial charge is 0.492 e. The van der Waals surface area contributed by atoms with Crippen LogP contribution in [0.2, 0.25) is 10.0 Å². The highest BCUT2D eigenvalue weighted by atomic mass is 35.5. The number of nitrogens with zero attached hydrogens (tertiary/aromatic N) is 2. The Hall–Kier alpha value is -2.24. The lowest BCUT2D eigenvalue weighted by Gasteiger charge is -2.30. The van der Waals surface area contributed by atoms with Crippen molar-refractivity contribution < 1.29 is 4.74 Å². The van der Waals surface area contributed by atoms with Crippen molar-refractivity contribution in [2.75, 3.05) is 18.5 Å². The molecule has 3 aromatic rings. The van der Waals surface area contributed by atoms with E-state index in [-0.39, 0.29) is 12.4 Å². The molecule has 0 aromatic heterocycles. The van der Waals surface area contributed by atoms with Crippen LogP contribution in [-0.4, -0.2) is 36.0 Å². The van der Waals surface area contributed by atoms with Gasteiger partial charge in [0.05, 0.1) is 15.7 Å². The molecule has 0 bridgehead atoms. The first kappa shape index (κ1) is 28.0. The summed E-state index contributed by atoms with van der Waals surface area (Å²) >= 11 is 12.2. The third-order valence-corrected chi connectivity index (χ3v) is 5.99. The first-order chi connectivity index (χ1) is 15.8. The van der Waals surface area contributed by atoms with Crippen molar-refractivity contribution in [2.24, 2.45) is 4.99 Å². The molecule has 4 nitrogen and oxygen atoms in total. The van der Waals surface area contributed by atoms with E-state index in [1.807, 2.05) is 60.7 Å². The van der Waals surface area contributed by atoms with Crippen LogP contribution in [0.15, 0.2) is 77.8 Å². The lowest BCUT2D eigenvalue weighted by atomic mass is 10.2. The fourth-order valence-electron chi connectivity index (χ4n) is 3.60. The van der Waals surface area contributed by atoms with Gasteiger partial charge in [-0.2, -0.15) is 0 Å². The zero-order valence-corrected chi connectivity index (χ0v) is 22.3. The quantitative estimate of drug-likeness (QED) is 0.229. The van der Waals surface area contributed by atoms with Gasteiger partial charge in [0.15, 0.2) is 0 Å². The monoisotopic (exact) mass is 519 g/mol. The molecule has 0 unspecified atom stereocenters. The summed E-state index contributed by atoms with van der Waals surface area (Å²) in [5.74, 6) is 1.55. The van der Waals surface area contributed by atoms with E-state index in [1.54, 1.807) is 12.1 Å². The van der Waals surface area contributed by atoms with Crippen LogP contribution in [0, 0.1) is 0 Å². The van der Waals surface area contributed by atoms with E-state index in [0.29, 0.717) is 34.6 Å². The number of anilines is 1. The number of rotatable bonds is 9. The lowest BCUT2D eigenvalue weighted by Crippen LogP contribution is -2.39. The maximum absolute atomic E-state index is 6.19. The first-order valence-electron chi connectivity index (χ1n) is 11.2. The Kier molecular flexibility index (Phi) is 11.2. The predicted molar refractivity (Wildman–Crippen MR) is 149 cm³/mol. The molecule has 0 spiro atoms. The Morgan fingerprint density at radius 2 is 1.53 bits per heavy atom. The minimum absolute atomic E-state index is 0. The van der Waals surface area contributed by atoms with Gasteiger partial charge in [0.1, 0.15) is 18.2 Å². The van der Waals surface area contributed by atoms with Gasteiger partial charge in [-0.25, -0.2) is 4.99 Å². The number of aliphatic imine (C=N–C) groups is 1. The first-order valence-corrected chi connectivity index (χ1v) is 11.9. The summed E-state index contributed by atoms with van der Waals surface area (Å²) in [6, 6.07) is 24.2. The standard InChI is InChI=1S/C27H31Cl2N3O.ClH/c1-19(2)32(20(3)4)16-17-33-24-13-10-22(11-14-24)30-27(21-8-6-5-7-9-21)31-23-12-15-25(28)26(29)18-23;/h5-15,18-20H,16-17H2,1-4H3,(H,30,31);1H. The molecule has 3 aromatic carbocycles. The van der Waals surface area contributed by atoms with Gasteiger partial charge >= 0.3 is 0 Å². The van der Waals surface area contributed by atoms with Crippen LogP contribution in [0.5, 0.6) is 5.75 Å². The van der Waals surface area contributed by atoms with Crippen LogP contribution >= 0.6 is 35.6 Å². The summed E-state index contributed by atoms with van der Waals surface area (Å²) in [5, 5.41) is 4.37. The predicted octanol–water partition coefficient (Wildman–Crippen LogP) is 8.10. The molecule has 34 heavy (non-hydrogen) atoms. The van der Waals surface area contributed by atoms with Gasteiger partial charge < -0.3 is 10.1 Å². The second-order valence-electron chi connectivity index (χ2n) is 8.35. The summed E-state index contributed by atoms with van der Waals surface area (Å²) < 4.78 is 5.97. The third-order valence-electron chi connectivity index (χ3n) is 5.25. The minimum Gasteiger partial charge on any atom is -0.492 e. The van der Waals surface area contributed by atoms with Gasteiger partial charge in [-0.15, -0.1) is 12.4 Å². The summed E-state index contributed by atoms with van der Waals surface area (Å²) in [7, 11) is 0. The summed E-state index contributed by atoms with van der Waals surface area (Å²) in [5.41, 5.74) is 2.60. The molecule has 0 heterocycles. The van der Waals surface area contributed by atoms with Crippen molar-refractivity contribution >= 4 is 52.8 Å². The van der Waals surface area contributed by atoms with Gasteiger partial charge in [-0.1, -0.05) is 53.5 Å². The van der Waals surface area contributed by atoms with E-state index in [1.165, 1.54) is 0 Å². The maximum Gasteiger partial charge on any atom is 0.138 e. The molecule has 0 radical (unpaired) electrons. The smallest absolute Gasteiger partial charge is 0.138 e. The molecule has 3 rings (SSSR count). The normalized spacial score (nSPS) is 11.6. The average molecular weight is 521 g/mol. The zero-order chi connectivity index (χ0) is 23.8. The summed E-state index contributed by atoms with van der Waals surface area (Å²) in [4.78, 5) is 7.25. The Balaban J connectivity index is 0.00000408. The Bertz CT molecular complexity index is 1050. The fraction of sp³-hybridized carbons (Fsp3) is 0.296. The maximum atomic E-state index is 6.19. The minimum atomic E-state index is 0. The van der Waals surface area contributed by atoms with Gasteiger partial charge in [0, 0.05) is 29.9 Å². The number of amidine groups is 1. The van der Waals surface area contributed by atoms with Crippen molar-refractivity contribution in [3.05, 3.63) is 88.4 Å². The molecule has 0 aliphatic carbocycles. The number of benzene rings is 3. The number of halogens is 3. The molecule has 7 heteroatoms. The van der Waals surface area contributed by atoms with Crippen molar-refractivity contribution in [3.63, 3.8) is 0 Å². The van der Waals surface area contributed by atoms with E-state index >= 15 is 0 Å². The average Bonchev–Trinajstić information content (AvgIpc) is 2.80. The Morgan fingerprint density at radius 1 is 0.882 bits per heavy atom. The van der Waals surface area contributed by atoms with Crippen LogP contribution < -0.4 is 10.1 Å². The van der Waals surface area contributed by atoms with Crippen LogP contribution in [-0.2, 0) is 0 Å². The second kappa shape index (κ2) is 13.6. The van der Waals surface area contributed by atoms with Crippen molar-refractivity contribution in [1.29, 1.82) is 0 Å². The lowest BCUT2D eigenvalue weighted by molar-refractivity contribution is 0.142. The molecule has 0 aliphatic heterocycles. The number of ether oxygens (including phenoxy) is 1. The fourth-order valence-corrected chi connectivity index (χ4v) is 3.90. The van der Waals surface area contributed by atoms with Crippen molar-refractivity contribution in [1.82, 2.24) is 4.90 Å². The number of nitrogens with one attached hydrogen (secondary N) is 1. The summed E-state index contributed by atoms with van der Waals surface area (Å²) in [6.07, 6.45) is 0. The van der Waals surface area contributed by atoms with Gasteiger partial charge in [-0.05, 0) is 70.2 Å². The molecule has 1 N–H and O–H groups in total. The zero-order valence-electron chi connectivity index (χ0n) is 20.0. The van der Waals surface area contributed by atoms with E-state index in [4.69, 9.17) is 32.9 Å². The SMILES string of the molecule is CC(C)N(CCOc1ccc(N=C(Nc2ccc(Cl)c(Cl)c2)c2ccccc2)cc1)C(C)C.Cl. The molecular formula is C27H32Cl3N3O. The molecule has 0 atom stereocenters. The molecular weight excluding hydrogens is 489 g/mol. The summed E-state index contributed by atoms with van der Waals surface area (Å²) in [6.45, 7) is 10.4. The topological polar surface area (TPSA) is 36.9 Å². The Labute approximate surface area is 219 Å². The number of hydrogen-bond donors (Lipinski definition) is 1. The van der Waals surface area contributed by atoms with Crippen molar-refractivity contribution in [3.8, 4) is 5.75 Å². The van der Waals surface area contributed by atoms with E-state index in [9.17, 15) is 0 Å². The van der Waals surface area contributed by atoms with Crippen LogP contribution in [0.4, 0.5) is 11.4 Å².